The number of hydrogen-bond donors (Lipinski definition) is 2. The molecule has 0 atom stereocenters. The molecule has 0 aliphatic rings. The van der Waals surface area contributed by atoms with Crippen molar-refractivity contribution in [1.29, 1.82) is 0 Å². The highest BCUT2D eigenvalue weighted by Crippen LogP contribution is 1.87. The molecule has 114 valence electrons. The molecular formula is C12H26N2O5. The Morgan fingerprint density at radius 1 is 1.00 bits per heavy atom. The second-order valence-corrected chi connectivity index (χ2v) is 3.84. The number of nitrogens with two attached hydrogens (primary N) is 1. The van der Waals surface area contributed by atoms with Gasteiger partial charge in [0.05, 0.1) is 33.0 Å². The zero-order valence-electron chi connectivity index (χ0n) is 11.7. The number of unbranched alkanes of at least 4 members (excludes halogenated alkanes) is 1. The third-order valence-corrected chi connectivity index (χ3v) is 2.05. The van der Waals surface area contributed by atoms with Gasteiger partial charge in [-0.05, 0) is 6.42 Å². The lowest BCUT2D eigenvalue weighted by Crippen LogP contribution is -2.27. The maximum Gasteiger partial charge on any atom is 0.245 e. The lowest BCUT2D eigenvalue weighted by atomic mass is 10.4. The number of ether oxygens (including phenoxy) is 3. The molecule has 0 aliphatic carbocycles. The Kier molecular flexibility index (Phi) is 14.7. The van der Waals surface area contributed by atoms with Crippen LogP contribution < -0.4 is 11.2 Å². The third-order valence-electron chi connectivity index (χ3n) is 2.05. The van der Waals surface area contributed by atoms with Crippen molar-refractivity contribution in [3.8, 4) is 0 Å². The summed E-state index contributed by atoms with van der Waals surface area (Å²) in [7, 11) is 0. The smallest absolute Gasteiger partial charge is 0.245 e. The van der Waals surface area contributed by atoms with E-state index in [9.17, 15) is 4.79 Å². The molecule has 7 nitrogen and oxygen atoms in total. The van der Waals surface area contributed by atoms with Crippen LogP contribution in [0.5, 0.6) is 0 Å². The number of carbonyl (C=O) groups is 1. The molecule has 3 N–H and O–H groups in total. The fourth-order valence-corrected chi connectivity index (χ4v) is 1.10. The van der Waals surface area contributed by atoms with Gasteiger partial charge in [0.15, 0.2) is 0 Å². The van der Waals surface area contributed by atoms with Crippen molar-refractivity contribution in [2.45, 2.75) is 19.8 Å². The summed E-state index contributed by atoms with van der Waals surface area (Å²) in [4.78, 5) is 15.1. The predicted octanol–water partition coefficient (Wildman–Crippen LogP) is -0.157. The van der Waals surface area contributed by atoms with Gasteiger partial charge in [-0.1, -0.05) is 13.3 Å². The Bertz CT molecular complexity index is 205. The summed E-state index contributed by atoms with van der Waals surface area (Å²) < 4.78 is 15.9. The summed E-state index contributed by atoms with van der Waals surface area (Å²) in [6, 6.07) is 0. The van der Waals surface area contributed by atoms with Crippen LogP contribution in [-0.4, -0.2) is 58.7 Å². The molecule has 7 heteroatoms. The zero-order valence-corrected chi connectivity index (χ0v) is 11.7. The molecule has 0 saturated carbocycles. The average Bonchev–Trinajstić information content (AvgIpc) is 2.39. The second kappa shape index (κ2) is 15.3. The highest BCUT2D eigenvalue weighted by atomic mass is 16.6. The summed E-state index contributed by atoms with van der Waals surface area (Å²) in [5, 5.41) is 0. The number of hydrogen-bond acceptors (Lipinski definition) is 6. The number of rotatable bonds is 15. The second-order valence-electron chi connectivity index (χ2n) is 3.84. The molecule has 0 aromatic heterocycles. The summed E-state index contributed by atoms with van der Waals surface area (Å²) >= 11 is 0. The molecule has 0 fully saturated rings. The lowest BCUT2D eigenvalue weighted by molar-refractivity contribution is -0.125. The minimum absolute atomic E-state index is 0.138. The van der Waals surface area contributed by atoms with Gasteiger partial charge in [-0.25, -0.2) is 0 Å². The summed E-state index contributed by atoms with van der Waals surface area (Å²) in [6.45, 7) is 6.04. The molecule has 0 unspecified atom stereocenters. The molecule has 1 amide bonds. The lowest BCUT2D eigenvalue weighted by Gasteiger charge is -2.07. The van der Waals surface area contributed by atoms with Crippen LogP contribution in [0, 0.1) is 0 Å². The van der Waals surface area contributed by atoms with E-state index in [1.54, 1.807) is 0 Å². The Morgan fingerprint density at radius 2 is 1.58 bits per heavy atom. The predicted molar refractivity (Wildman–Crippen MR) is 70.5 cm³/mol. The minimum Gasteiger partial charge on any atom is -0.379 e. The maximum atomic E-state index is 10.3. The van der Waals surface area contributed by atoms with E-state index in [0.29, 0.717) is 39.6 Å². The standard InChI is InChI=1S/C12H26N2O5/c1-2-3-5-16-7-9-18-10-8-17-6-4-14-19-11-12(13)15/h14H,2-11H2,1H3,(H2,13,15). The van der Waals surface area contributed by atoms with Crippen molar-refractivity contribution >= 4 is 5.91 Å². The van der Waals surface area contributed by atoms with E-state index in [1.165, 1.54) is 0 Å². The van der Waals surface area contributed by atoms with E-state index in [0.717, 1.165) is 19.4 Å². The molecule has 0 aliphatic heterocycles. The highest BCUT2D eigenvalue weighted by molar-refractivity contribution is 5.74. The van der Waals surface area contributed by atoms with Gasteiger partial charge >= 0.3 is 0 Å². The molecule has 0 radical (unpaired) electrons. The quantitative estimate of drug-likeness (QED) is 0.319. The van der Waals surface area contributed by atoms with Gasteiger partial charge in [0.1, 0.15) is 6.61 Å². The van der Waals surface area contributed by atoms with Gasteiger partial charge in [0.25, 0.3) is 0 Å². The van der Waals surface area contributed by atoms with Crippen LogP contribution in [0.2, 0.25) is 0 Å². The Balaban J connectivity index is 2.93. The number of primary amides is 1. The molecule has 0 bridgehead atoms. The van der Waals surface area contributed by atoms with Gasteiger partial charge in [-0.2, -0.15) is 5.48 Å². The Labute approximate surface area is 114 Å². The van der Waals surface area contributed by atoms with Crippen LogP contribution >= 0.6 is 0 Å². The maximum absolute atomic E-state index is 10.3. The largest absolute Gasteiger partial charge is 0.379 e. The summed E-state index contributed by atoms with van der Waals surface area (Å²) in [6.07, 6.45) is 2.24. The first-order chi connectivity index (χ1) is 9.27. The zero-order chi connectivity index (χ0) is 14.2. The fourth-order valence-electron chi connectivity index (χ4n) is 1.10. The highest BCUT2D eigenvalue weighted by Gasteiger charge is 1.94. The van der Waals surface area contributed by atoms with Crippen molar-refractivity contribution < 1.29 is 23.8 Å². The molecule has 19 heavy (non-hydrogen) atoms. The molecule has 0 rings (SSSR count). The van der Waals surface area contributed by atoms with Gasteiger partial charge in [0, 0.05) is 13.2 Å². The van der Waals surface area contributed by atoms with E-state index in [-0.39, 0.29) is 6.61 Å². The van der Waals surface area contributed by atoms with E-state index >= 15 is 0 Å². The van der Waals surface area contributed by atoms with Gasteiger partial charge in [0.2, 0.25) is 5.91 Å². The van der Waals surface area contributed by atoms with Crippen molar-refractivity contribution in [3.05, 3.63) is 0 Å². The number of hydroxylamine groups is 1. The van der Waals surface area contributed by atoms with E-state index < -0.39 is 5.91 Å². The SMILES string of the molecule is CCCCOCCOCCOCCNOCC(N)=O. The molecule has 0 spiro atoms. The van der Waals surface area contributed by atoms with Gasteiger partial charge < -0.3 is 19.9 Å². The first-order valence-electron chi connectivity index (χ1n) is 6.63. The molecule has 0 aromatic carbocycles. The topological polar surface area (TPSA) is 92.0 Å². The van der Waals surface area contributed by atoms with Gasteiger partial charge in [-0.3, -0.25) is 9.63 Å². The van der Waals surface area contributed by atoms with E-state index in [2.05, 4.69) is 12.4 Å². The number of amides is 1. The van der Waals surface area contributed by atoms with Crippen LogP contribution in [0.4, 0.5) is 0 Å². The number of nitrogens with one attached hydrogen (secondary N) is 1. The van der Waals surface area contributed by atoms with E-state index in [1.807, 2.05) is 0 Å². The van der Waals surface area contributed by atoms with E-state index in [4.69, 9.17) is 24.8 Å². The number of carbonyl (C=O) groups excluding carboxylic acids is 1. The van der Waals surface area contributed by atoms with Crippen molar-refractivity contribution in [2.75, 3.05) is 52.8 Å². The van der Waals surface area contributed by atoms with Crippen molar-refractivity contribution in [3.63, 3.8) is 0 Å². The van der Waals surface area contributed by atoms with Gasteiger partial charge in [-0.15, -0.1) is 0 Å². The van der Waals surface area contributed by atoms with Crippen LogP contribution in [0.25, 0.3) is 0 Å². The van der Waals surface area contributed by atoms with Crippen LogP contribution in [0.15, 0.2) is 0 Å². The Morgan fingerprint density at radius 3 is 2.16 bits per heavy atom. The average molecular weight is 278 g/mol. The summed E-state index contributed by atoms with van der Waals surface area (Å²) in [5.41, 5.74) is 7.44. The van der Waals surface area contributed by atoms with Crippen LogP contribution in [-0.2, 0) is 23.8 Å². The van der Waals surface area contributed by atoms with Crippen molar-refractivity contribution in [2.24, 2.45) is 5.73 Å². The normalized spacial score (nSPS) is 10.8. The monoisotopic (exact) mass is 278 g/mol. The first-order valence-corrected chi connectivity index (χ1v) is 6.63. The molecule has 0 saturated heterocycles. The molecular weight excluding hydrogens is 252 g/mol. The molecule has 0 heterocycles. The minimum atomic E-state index is -0.511. The fraction of sp³-hybridized carbons (Fsp3) is 0.917. The Hall–Kier alpha value is -0.730. The third kappa shape index (κ3) is 17.3. The van der Waals surface area contributed by atoms with Crippen LogP contribution in [0.3, 0.4) is 0 Å². The van der Waals surface area contributed by atoms with Crippen LogP contribution in [0.1, 0.15) is 19.8 Å². The molecule has 0 aromatic rings. The van der Waals surface area contributed by atoms with Crippen molar-refractivity contribution in [1.82, 2.24) is 5.48 Å². The first kappa shape index (κ1) is 18.3. The summed E-state index contributed by atoms with van der Waals surface area (Å²) in [5.74, 6) is -0.511.